The minimum Gasteiger partial charge on any atom is -0.469 e. The second-order valence-corrected chi connectivity index (χ2v) is 7.44. The van der Waals surface area contributed by atoms with Crippen LogP contribution in [0.2, 0.25) is 0 Å². The maximum Gasteiger partial charge on any atom is 0.342 e. The molecule has 0 aliphatic carbocycles. The summed E-state index contributed by atoms with van der Waals surface area (Å²) < 4.78 is 10.2. The van der Waals surface area contributed by atoms with Crippen molar-refractivity contribution in [3.63, 3.8) is 0 Å². The van der Waals surface area contributed by atoms with Gasteiger partial charge < -0.3 is 19.4 Å². The van der Waals surface area contributed by atoms with Crippen molar-refractivity contribution in [1.29, 1.82) is 0 Å². The van der Waals surface area contributed by atoms with Crippen LogP contribution in [0.15, 0.2) is 34.9 Å². The molecular weight excluding hydrogens is 386 g/mol. The number of esters is 1. The summed E-state index contributed by atoms with van der Waals surface area (Å²) in [6.07, 6.45) is 1.41. The first-order chi connectivity index (χ1) is 14.3. The smallest absolute Gasteiger partial charge is 0.342 e. The minimum atomic E-state index is -0.573. The van der Waals surface area contributed by atoms with Gasteiger partial charge in [0.05, 0.1) is 12.8 Å². The van der Waals surface area contributed by atoms with Crippen LogP contribution in [0, 0.1) is 20.8 Å². The molecule has 1 N–H and O–H groups in total. The number of rotatable bonds is 6. The van der Waals surface area contributed by atoms with Gasteiger partial charge in [-0.2, -0.15) is 0 Å². The number of aryl methyl sites for hydroxylation is 3. The Morgan fingerprint density at radius 3 is 2.30 bits per heavy atom. The standard InChI is InChI=1S/C22H27N3O5/c1-15-5-4-6-16(2)21(15)23-19(26)13-24-8-10-25(11-9-24)20(27)14-30-22(28)18-7-12-29-17(18)3/h4-7,12H,8-11,13-14H2,1-3H3,(H,23,26). The van der Waals surface area contributed by atoms with Crippen molar-refractivity contribution in [3.05, 3.63) is 53.0 Å². The van der Waals surface area contributed by atoms with Gasteiger partial charge in [-0.25, -0.2) is 4.79 Å². The van der Waals surface area contributed by atoms with Gasteiger partial charge in [0.1, 0.15) is 11.3 Å². The van der Waals surface area contributed by atoms with Crippen molar-refractivity contribution in [3.8, 4) is 0 Å². The summed E-state index contributed by atoms with van der Waals surface area (Å²) in [5.41, 5.74) is 3.23. The molecule has 0 atom stereocenters. The molecular formula is C22H27N3O5. The average molecular weight is 413 g/mol. The van der Waals surface area contributed by atoms with Gasteiger partial charge in [-0.1, -0.05) is 18.2 Å². The summed E-state index contributed by atoms with van der Waals surface area (Å²) >= 11 is 0. The second-order valence-electron chi connectivity index (χ2n) is 7.44. The molecule has 1 aromatic heterocycles. The number of piperazine rings is 1. The fraction of sp³-hybridized carbons (Fsp3) is 0.409. The highest BCUT2D eigenvalue weighted by atomic mass is 16.5. The van der Waals surface area contributed by atoms with E-state index < -0.39 is 5.97 Å². The normalized spacial score (nSPS) is 14.4. The summed E-state index contributed by atoms with van der Waals surface area (Å²) in [5.74, 6) is -0.433. The molecule has 0 unspecified atom stereocenters. The lowest BCUT2D eigenvalue weighted by molar-refractivity contribution is -0.136. The molecule has 2 amide bonds. The highest BCUT2D eigenvalue weighted by Gasteiger charge is 2.24. The number of furan rings is 1. The molecule has 0 spiro atoms. The third-order valence-corrected chi connectivity index (χ3v) is 5.24. The number of anilines is 1. The van der Waals surface area contributed by atoms with Gasteiger partial charge >= 0.3 is 5.97 Å². The Balaban J connectivity index is 1.42. The summed E-state index contributed by atoms with van der Waals surface area (Å²) in [4.78, 5) is 40.4. The highest BCUT2D eigenvalue weighted by molar-refractivity contribution is 5.94. The Kier molecular flexibility index (Phi) is 6.89. The van der Waals surface area contributed by atoms with Crippen LogP contribution in [-0.4, -0.2) is 66.9 Å². The fourth-order valence-electron chi connectivity index (χ4n) is 3.44. The van der Waals surface area contributed by atoms with Gasteiger partial charge in [-0.05, 0) is 38.0 Å². The molecule has 3 rings (SSSR count). The predicted molar refractivity (Wildman–Crippen MR) is 111 cm³/mol. The number of amides is 2. The van der Waals surface area contributed by atoms with Crippen molar-refractivity contribution in [2.45, 2.75) is 20.8 Å². The summed E-state index contributed by atoms with van der Waals surface area (Å²) in [7, 11) is 0. The number of ether oxygens (including phenoxy) is 1. The molecule has 2 heterocycles. The average Bonchev–Trinajstić information content (AvgIpc) is 3.15. The Labute approximate surface area is 175 Å². The molecule has 1 aromatic carbocycles. The number of para-hydroxylation sites is 1. The number of hydrogen-bond acceptors (Lipinski definition) is 6. The van der Waals surface area contributed by atoms with Crippen LogP contribution in [-0.2, 0) is 14.3 Å². The van der Waals surface area contributed by atoms with E-state index in [0.717, 1.165) is 16.8 Å². The number of nitrogens with one attached hydrogen (secondary N) is 1. The first kappa shape index (κ1) is 21.6. The number of carbonyl (C=O) groups excluding carboxylic acids is 3. The molecule has 0 bridgehead atoms. The Morgan fingerprint density at radius 1 is 1.03 bits per heavy atom. The minimum absolute atomic E-state index is 0.0726. The van der Waals surface area contributed by atoms with E-state index in [-0.39, 0.29) is 25.0 Å². The van der Waals surface area contributed by atoms with Crippen molar-refractivity contribution in [2.24, 2.45) is 0 Å². The number of nitrogens with zero attached hydrogens (tertiary/aromatic N) is 2. The quantitative estimate of drug-likeness (QED) is 0.730. The lowest BCUT2D eigenvalue weighted by Gasteiger charge is -2.34. The third-order valence-electron chi connectivity index (χ3n) is 5.24. The van der Waals surface area contributed by atoms with E-state index in [2.05, 4.69) is 5.32 Å². The van der Waals surface area contributed by atoms with Crippen LogP contribution in [0.3, 0.4) is 0 Å². The Morgan fingerprint density at radius 2 is 1.70 bits per heavy atom. The zero-order valence-corrected chi connectivity index (χ0v) is 17.6. The molecule has 8 heteroatoms. The second kappa shape index (κ2) is 9.58. The van der Waals surface area contributed by atoms with Gasteiger partial charge in [-0.3, -0.25) is 14.5 Å². The largest absolute Gasteiger partial charge is 0.469 e. The monoisotopic (exact) mass is 413 g/mol. The molecule has 1 saturated heterocycles. The molecule has 2 aromatic rings. The van der Waals surface area contributed by atoms with E-state index >= 15 is 0 Å². The maximum absolute atomic E-state index is 12.4. The van der Waals surface area contributed by atoms with Crippen molar-refractivity contribution < 1.29 is 23.5 Å². The van der Waals surface area contributed by atoms with E-state index in [9.17, 15) is 14.4 Å². The first-order valence-electron chi connectivity index (χ1n) is 9.92. The zero-order chi connectivity index (χ0) is 21.7. The maximum atomic E-state index is 12.4. The van der Waals surface area contributed by atoms with Gasteiger partial charge in [0, 0.05) is 31.9 Å². The third kappa shape index (κ3) is 5.27. The molecule has 0 saturated carbocycles. The fourth-order valence-corrected chi connectivity index (χ4v) is 3.44. The molecule has 1 aliphatic rings. The van der Waals surface area contributed by atoms with Crippen LogP contribution in [0.25, 0.3) is 0 Å². The van der Waals surface area contributed by atoms with E-state index in [4.69, 9.17) is 9.15 Å². The Bertz CT molecular complexity index is 908. The molecule has 0 radical (unpaired) electrons. The molecule has 1 aliphatic heterocycles. The van der Waals surface area contributed by atoms with Crippen LogP contribution >= 0.6 is 0 Å². The van der Waals surface area contributed by atoms with Crippen LogP contribution in [0.1, 0.15) is 27.2 Å². The van der Waals surface area contributed by atoms with Gasteiger partial charge in [0.25, 0.3) is 5.91 Å². The van der Waals surface area contributed by atoms with Crippen LogP contribution in [0.4, 0.5) is 5.69 Å². The van der Waals surface area contributed by atoms with Crippen molar-refractivity contribution in [2.75, 3.05) is 44.6 Å². The zero-order valence-electron chi connectivity index (χ0n) is 17.6. The number of carbonyl (C=O) groups is 3. The number of benzene rings is 1. The van der Waals surface area contributed by atoms with E-state index in [1.165, 1.54) is 12.3 Å². The van der Waals surface area contributed by atoms with Crippen LogP contribution in [0.5, 0.6) is 0 Å². The van der Waals surface area contributed by atoms with E-state index in [0.29, 0.717) is 37.5 Å². The predicted octanol–water partition coefficient (Wildman–Crippen LogP) is 2.14. The first-order valence-corrected chi connectivity index (χ1v) is 9.92. The lowest BCUT2D eigenvalue weighted by atomic mass is 10.1. The van der Waals surface area contributed by atoms with E-state index in [1.54, 1.807) is 11.8 Å². The number of hydrogen-bond donors (Lipinski definition) is 1. The summed E-state index contributed by atoms with van der Waals surface area (Å²) in [6.45, 7) is 7.69. The molecule has 30 heavy (non-hydrogen) atoms. The summed E-state index contributed by atoms with van der Waals surface area (Å²) in [6, 6.07) is 7.41. The van der Waals surface area contributed by atoms with Crippen molar-refractivity contribution >= 4 is 23.5 Å². The lowest BCUT2D eigenvalue weighted by Crippen LogP contribution is -2.51. The molecule has 1 fully saturated rings. The summed E-state index contributed by atoms with van der Waals surface area (Å²) in [5, 5.41) is 2.98. The highest BCUT2D eigenvalue weighted by Crippen LogP contribution is 2.19. The molecule has 8 nitrogen and oxygen atoms in total. The Hall–Kier alpha value is -3.13. The van der Waals surface area contributed by atoms with Gasteiger partial charge in [0.15, 0.2) is 6.61 Å². The van der Waals surface area contributed by atoms with Crippen molar-refractivity contribution in [1.82, 2.24) is 9.80 Å². The van der Waals surface area contributed by atoms with Gasteiger partial charge in [-0.15, -0.1) is 0 Å². The topological polar surface area (TPSA) is 92.1 Å². The SMILES string of the molecule is Cc1cccc(C)c1NC(=O)CN1CCN(C(=O)COC(=O)c2ccoc2C)CC1. The molecule has 160 valence electrons. The van der Waals surface area contributed by atoms with Gasteiger partial charge in [0.2, 0.25) is 5.91 Å². The van der Waals surface area contributed by atoms with E-state index in [1.807, 2.05) is 36.9 Å². The van der Waals surface area contributed by atoms with Crippen LogP contribution < -0.4 is 5.32 Å².